The van der Waals surface area contributed by atoms with Crippen molar-refractivity contribution in [1.29, 1.82) is 0 Å². The minimum Gasteiger partial charge on any atom is -0.368 e. The molecule has 1 amide bonds. The summed E-state index contributed by atoms with van der Waals surface area (Å²) in [6, 6.07) is 0.365. The number of hydrogen-bond acceptors (Lipinski definition) is 3. The number of hydrogen-bond donors (Lipinski definition) is 1. The van der Waals surface area contributed by atoms with Gasteiger partial charge in [0.05, 0.1) is 6.04 Å². The molecule has 0 aromatic carbocycles. The Bertz CT molecular complexity index is 234. The number of rotatable bonds is 4. The van der Waals surface area contributed by atoms with Gasteiger partial charge in [0, 0.05) is 6.04 Å². The summed E-state index contributed by atoms with van der Waals surface area (Å²) >= 11 is 0. The van der Waals surface area contributed by atoms with Gasteiger partial charge >= 0.3 is 0 Å². The Morgan fingerprint density at radius 2 is 1.88 bits per heavy atom. The van der Waals surface area contributed by atoms with Crippen LogP contribution in [0.3, 0.4) is 0 Å². The highest BCUT2D eigenvalue weighted by atomic mass is 16.1. The van der Waals surface area contributed by atoms with E-state index in [2.05, 4.69) is 30.7 Å². The van der Waals surface area contributed by atoms with Gasteiger partial charge in [-0.3, -0.25) is 9.69 Å². The molecule has 1 heterocycles. The SMILES string of the molecule is CC(C)C(C(N)=O)N(C)C1CCN(C)CC1. The summed E-state index contributed by atoms with van der Waals surface area (Å²) in [6.45, 7) is 6.33. The molecule has 1 rings (SSSR count). The number of piperidine rings is 1. The second-order valence-electron chi connectivity index (χ2n) is 5.29. The zero-order valence-electron chi connectivity index (χ0n) is 10.9. The van der Waals surface area contributed by atoms with Crippen LogP contribution in [0.25, 0.3) is 0 Å². The molecular formula is C12H25N3O. The summed E-state index contributed by atoms with van der Waals surface area (Å²) in [6.07, 6.45) is 2.26. The fourth-order valence-electron chi connectivity index (χ4n) is 2.63. The third-order valence-electron chi connectivity index (χ3n) is 3.63. The van der Waals surface area contributed by atoms with Crippen LogP contribution in [0.1, 0.15) is 26.7 Å². The first-order chi connectivity index (χ1) is 7.43. The zero-order chi connectivity index (χ0) is 12.3. The van der Waals surface area contributed by atoms with E-state index in [-0.39, 0.29) is 17.9 Å². The molecule has 4 nitrogen and oxygen atoms in total. The molecule has 1 fully saturated rings. The maximum absolute atomic E-state index is 11.5. The van der Waals surface area contributed by atoms with Crippen molar-refractivity contribution < 1.29 is 4.79 Å². The fraction of sp³-hybridized carbons (Fsp3) is 0.917. The summed E-state index contributed by atoms with van der Waals surface area (Å²) in [7, 11) is 4.18. The van der Waals surface area contributed by atoms with Gasteiger partial charge in [0.15, 0.2) is 0 Å². The standard InChI is InChI=1S/C12H25N3O/c1-9(2)11(12(13)16)15(4)10-5-7-14(3)8-6-10/h9-11H,5-8H2,1-4H3,(H2,13,16). The quantitative estimate of drug-likeness (QED) is 0.762. The monoisotopic (exact) mass is 227 g/mol. The average molecular weight is 227 g/mol. The zero-order valence-corrected chi connectivity index (χ0v) is 10.9. The Morgan fingerprint density at radius 3 is 2.25 bits per heavy atom. The summed E-state index contributed by atoms with van der Waals surface area (Å²) in [5.41, 5.74) is 5.48. The number of carbonyl (C=O) groups is 1. The first-order valence-corrected chi connectivity index (χ1v) is 6.13. The highest BCUT2D eigenvalue weighted by molar-refractivity contribution is 5.80. The lowest BCUT2D eigenvalue weighted by Crippen LogP contribution is -2.53. The van der Waals surface area contributed by atoms with Gasteiger partial charge in [0.25, 0.3) is 0 Å². The van der Waals surface area contributed by atoms with Gasteiger partial charge in [0.1, 0.15) is 0 Å². The number of primary amides is 1. The van der Waals surface area contributed by atoms with Gasteiger partial charge in [-0.1, -0.05) is 13.8 Å². The largest absolute Gasteiger partial charge is 0.368 e. The lowest BCUT2D eigenvalue weighted by atomic mass is 9.96. The number of amides is 1. The molecule has 2 N–H and O–H groups in total. The smallest absolute Gasteiger partial charge is 0.235 e. The molecule has 1 aliphatic rings. The van der Waals surface area contributed by atoms with Crippen molar-refractivity contribution in [2.75, 3.05) is 27.2 Å². The molecule has 1 saturated heterocycles. The van der Waals surface area contributed by atoms with E-state index in [1.807, 2.05) is 7.05 Å². The van der Waals surface area contributed by atoms with Crippen molar-refractivity contribution in [3.8, 4) is 0 Å². The van der Waals surface area contributed by atoms with Gasteiger partial charge in [-0.25, -0.2) is 0 Å². The summed E-state index contributed by atoms with van der Waals surface area (Å²) in [4.78, 5) is 16.0. The number of nitrogens with zero attached hydrogens (tertiary/aromatic N) is 2. The Hall–Kier alpha value is -0.610. The molecule has 0 spiro atoms. The lowest BCUT2D eigenvalue weighted by Gasteiger charge is -2.39. The van der Waals surface area contributed by atoms with Gasteiger partial charge in [0.2, 0.25) is 5.91 Å². The molecule has 0 bridgehead atoms. The molecule has 0 aliphatic carbocycles. The minimum absolute atomic E-state index is 0.131. The van der Waals surface area contributed by atoms with Crippen molar-refractivity contribution in [3.05, 3.63) is 0 Å². The summed E-state index contributed by atoms with van der Waals surface area (Å²) in [5, 5.41) is 0. The highest BCUT2D eigenvalue weighted by Gasteiger charge is 2.30. The molecule has 94 valence electrons. The van der Waals surface area contributed by atoms with E-state index in [0.717, 1.165) is 25.9 Å². The van der Waals surface area contributed by atoms with E-state index in [0.29, 0.717) is 6.04 Å². The molecule has 0 saturated carbocycles. The lowest BCUT2D eigenvalue weighted by molar-refractivity contribution is -0.125. The van der Waals surface area contributed by atoms with Gasteiger partial charge in [-0.15, -0.1) is 0 Å². The van der Waals surface area contributed by atoms with Gasteiger partial charge in [-0.2, -0.15) is 0 Å². The second kappa shape index (κ2) is 5.64. The van der Waals surface area contributed by atoms with Crippen molar-refractivity contribution in [1.82, 2.24) is 9.80 Å². The Labute approximate surface area is 98.8 Å². The molecule has 1 unspecified atom stereocenters. The minimum atomic E-state index is -0.198. The van der Waals surface area contributed by atoms with E-state index in [4.69, 9.17) is 5.73 Å². The van der Waals surface area contributed by atoms with E-state index in [1.165, 1.54) is 0 Å². The topological polar surface area (TPSA) is 49.6 Å². The molecule has 1 atom stereocenters. The molecule has 1 aliphatic heterocycles. The second-order valence-corrected chi connectivity index (χ2v) is 5.29. The Kier molecular flexibility index (Phi) is 4.74. The molecule has 0 aromatic rings. The van der Waals surface area contributed by atoms with Crippen LogP contribution in [0.4, 0.5) is 0 Å². The van der Waals surface area contributed by atoms with Crippen LogP contribution in [0.5, 0.6) is 0 Å². The predicted octanol–water partition coefficient (Wildman–Crippen LogP) is 0.522. The van der Waals surface area contributed by atoms with Crippen molar-refractivity contribution in [2.24, 2.45) is 11.7 Å². The van der Waals surface area contributed by atoms with Crippen LogP contribution in [0.15, 0.2) is 0 Å². The highest BCUT2D eigenvalue weighted by Crippen LogP contribution is 2.19. The van der Waals surface area contributed by atoms with E-state index in [1.54, 1.807) is 0 Å². The first-order valence-electron chi connectivity index (χ1n) is 6.13. The van der Waals surface area contributed by atoms with E-state index >= 15 is 0 Å². The average Bonchev–Trinajstić information content (AvgIpc) is 2.17. The third-order valence-corrected chi connectivity index (χ3v) is 3.63. The van der Waals surface area contributed by atoms with Crippen LogP contribution in [0, 0.1) is 5.92 Å². The van der Waals surface area contributed by atoms with Crippen LogP contribution in [-0.4, -0.2) is 55.0 Å². The summed E-state index contributed by atoms with van der Waals surface area (Å²) < 4.78 is 0. The first kappa shape index (κ1) is 13.5. The fourth-order valence-corrected chi connectivity index (χ4v) is 2.63. The third kappa shape index (κ3) is 3.19. The molecule has 0 aromatic heterocycles. The van der Waals surface area contributed by atoms with Crippen LogP contribution < -0.4 is 5.73 Å². The van der Waals surface area contributed by atoms with Crippen LogP contribution in [0.2, 0.25) is 0 Å². The maximum Gasteiger partial charge on any atom is 0.235 e. The molecule has 4 heteroatoms. The molecule has 16 heavy (non-hydrogen) atoms. The van der Waals surface area contributed by atoms with Crippen LogP contribution in [-0.2, 0) is 4.79 Å². The normalized spacial score (nSPS) is 21.6. The Morgan fingerprint density at radius 1 is 1.38 bits per heavy atom. The van der Waals surface area contributed by atoms with Gasteiger partial charge in [-0.05, 0) is 45.9 Å². The van der Waals surface area contributed by atoms with Crippen molar-refractivity contribution in [3.63, 3.8) is 0 Å². The van der Waals surface area contributed by atoms with Crippen molar-refractivity contribution >= 4 is 5.91 Å². The molecular weight excluding hydrogens is 202 g/mol. The van der Waals surface area contributed by atoms with E-state index < -0.39 is 0 Å². The number of carbonyl (C=O) groups excluding carboxylic acids is 1. The molecule has 0 radical (unpaired) electrons. The summed E-state index contributed by atoms with van der Waals surface area (Å²) in [5.74, 6) is 0.0820. The number of nitrogens with two attached hydrogens (primary N) is 1. The Balaban J connectivity index is 2.60. The number of likely N-dealkylation sites (tertiary alicyclic amines) is 1. The van der Waals surface area contributed by atoms with Crippen molar-refractivity contribution in [2.45, 2.75) is 38.8 Å². The number of likely N-dealkylation sites (N-methyl/N-ethyl adjacent to an activating group) is 1. The van der Waals surface area contributed by atoms with E-state index in [9.17, 15) is 4.79 Å². The predicted molar refractivity (Wildman–Crippen MR) is 66.1 cm³/mol. The van der Waals surface area contributed by atoms with Gasteiger partial charge < -0.3 is 10.6 Å². The van der Waals surface area contributed by atoms with Crippen LogP contribution >= 0.6 is 0 Å². The maximum atomic E-state index is 11.5.